The second-order valence-corrected chi connectivity index (χ2v) is 8.28. The molecule has 0 bridgehead atoms. The van der Waals surface area contributed by atoms with E-state index in [0.29, 0.717) is 29.8 Å². The minimum atomic E-state index is -2.63. The lowest BCUT2D eigenvalue weighted by Crippen LogP contribution is -2.29. The summed E-state index contributed by atoms with van der Waals surface area (Å²) < 4.78 is 18.1. The Morgan fingerprint density at radius 3 is 2.81 bits per heavy atom. The maximum atomic E-state index is 11.8. The highest BCUT2D eigenvalue weighted by atomic mass is 31.2. The molecule has 1 saturated heterocycles. The SMILES string of the molecule is CCOC(=O)C(OC[C@@H]1CCC(n2cnc3c(N)nc(-c4ccccc4)nc32)O1)P(O)O. The van der Waals surface area contributed by atoms with Crippen LogP contribution in [0.15, 0.2) is 36.7 Å². The number of carbonyl (C=O) groups is 1. The number of aromatic nitrogens is 4. The Labute approximate surface area is 185 Å². The highest BCUT2D eigenvalue weighted by Gasteiger charge is 2.33. The van der Waals surface area contributed by atoms with Gasteiger partial charge in [0.1, 0.15) is 11.7 Å². The summed E-state index contributed by atoms with van der Waals surface area (Å²) in [6.45, 7) is 1.76. The van der Waals surface area contributed by atoms with Gasteiger partial charge in [0.05, 0.1) is 25.6 Å². The molecule has 3 heterocycles. The van der Waals surface area contributed by atoms with E-state index in [9.17, 15) is 14.6 Å². The van der Waals surface area contributed by atoms with E-state index in [1.807, 2.05) is 30.3 Å². The fraction of sp³-hybridized carbons (Fsp3) is 0.400. The number of nitrogens with two attached hydrogens (primary N) is 1. The summed E-state index contributed by atoms with van der Waals surface area (Å²) in [6.07, 6.45) is 2.19. The summed E-state index contributed by atoms with van der Waals surface area (Å²) in [5.41, 5.74) is 8.00. The number of rotatable bonds is 8. The molecular weight excluding hydrogens is 437 g/mol. The Morgan fingerprint density at radius 1 is 1.31 bits per heavy atom. The normalized spacial score (nSPS) is 19.5. The average molecular weight is 461 g/mol. The molecule has 0 saturated carbocycles. The molecule has 4 N–H and O–H groups in total. The molecule has 4 rings (SSSR count). The van der Waals surface area contributed by atoms with E-state index in [1.54, 1.807) is 17.8 Å². The minimum Gasteiger partial charge on any atom is -0.464 e. The molecule has 0 aliphatic carbocycles. The molecule has 1 aliphatic rings. The summed E-state index contributed by atoms with van der Waals surface area (Å²) in [5.74, 6) is -1.46. The van der Waals surface area contributed by atoms with Crippen LogP contribution in [0.4, 0.5) is 5.82 Å². The van der Waals surface area contributed by atoms with Gasteiger partial charge in [0.2, 0.25) is 14.2 Å². The largest absolute Gasteiger partial charge is 0.464 e. The van der Waals surface area contributed by atoms with Gasteiger partial charge in [-0.1, -0.05) is 30.3 Å². The summed E-state index contributed by atoms with van der Waals surface area (Å²) in [7, 11) is -2.63. The number of benzene rings is 1. The molecule has 2 unspecified atom stereocenters. The second kappa shape index (κ2) is 9.85. The number of fused-ring (bicyclic) bond motifs is 1. The number of anilines is 1. The van der Waals surface area contributed by atoms with Crippen LogP contribution in [0.5, 0.6) is 0 Å². The Balaban J connectivity index is 1.48. The zero-order valence-corrected chi connectivity index (χ0v) is 18.3. The van der Waals surface area contributed by atoms with Gasteiger partial charge in [-0.2, -0.15) is 0 Å². The van der Waals surface area contributed by atoms with Crippen molar-refractivity contribution < 1.29 is 28.8 Å². The van der Waals surface area contributed by atoms with Crippen LogP contribution in [0.3, 0.4) is 0 Å². The van der Waals surface area contributed by atoms with Crippen molar-refractivity contribution in [2.45, 2.75) is 37.9 Å². The van der Waals surface area contributed by atoms with Crippen LogP contribution in [-0.2, 0) is 19.0 Å². The lowest BCUT2D eigenvalue weighted by atomic mass is 10.2. The standard InChI is InChI=1S/C20H24N5O6P/c1-2-29-19(26)20(32(27)28)30-10-13-8-9-14(31-13)25-11-22-15-16(21)23-17(24-18(15)25)12-6-4-3-5-7-12/h3-7,11,13-14,20,27-28H,2,8-10H2,1H3,(H2,21,23,24)/t13-,14?,20?/m0/s1. The van der Waals surface area contributed by atoms with Crippen LogP contribution in [0.1, 0.15) is 26.0 Å². The van der Waals surface area contributed by atoms with Crippen molar-refractivity contribution in [3.63, 3.8) is 0 Å². The quantitative estimate of drug-likeness (QED) is 0.335. The van der Waals surface area contributed by atoms with E-state index >= 15 is 0 Å². The van der Waals surface area contributed by atoms with Crippen molar-refractivity contribution in [2.24, 2.45) is 0 Å². The van der Waals surface area contributed by atoms with Crippen molar-refractivity contribution in [3.05, 3.63) is 36.7 Å². The first-order valence-corrected chi connectivity index (χ1v) is 11.5. The molecule has 0 radical (unpaired) electrons. The number of hydrogen-bond acceptors (Lipinski definition) is 10. The fourth-order valence-electron chi connectivity index (χ4n) is 3.52. The molecular formula is C20H24N5O6P. The maximum absolute atomic E-state index is 11.8. The topological polar surface area (TPSA) is 155 Å². The number of carbonyl (C=O) groups excluding carboxylic acids is 1. The zero-order chi connectivity index (χ0) is 22.7. The number of imidazole rings is 1. The number of ether oxygens (including phenoxy) is 3. The van der Waals surface area contributed by atoms with E-state index in [1.165, 1.54) is 0 Å². The summed E-state index contributed by atoms with van der Waals surface area (Å²) >= 11 is 0. The van der Waals surface area contributed by atoms with Gasteiger partial charge in [0, 0.05) is 5.56 Å². The predicted octanol–water partition coefficient (Wildman–Crippen LogP) is 1.96. The van der Waals surface area contributed by atoms with E-state index in [-0.39, 0.29) is 31.4 Å². The fourth-order valence-corrected chi connectivity index (χ4v) is 4.00. The van der Waals surface area contributed by atoms with Crippen LogP contribution in [-0.4, -0.2) is 60.4 Å². The maximum Gasteiger partial charge on any atom is 0.344 e. The molecule has 12 heteroatoms. The Kier molecular flexibility index (Phi) is 6.92. The van der Waals surface area contributed by atoms with Crippen LogP contribution in [0.2, 0.25) is 0 Å². The first-order chi connectivity index (χ1) is 15.5. The van der Waals surface area contributed by atoms with Gasteiger partial charge in [0.15, 0.2) is 17.3 Å². The van der Waals surface area contributed by atoms with Gasteiger partial charge in [-0.25, -0.2) is 19.7 Å². The average Bonchev–Trinajstić information content (AvgIpc) is 3.41. The third kappa shape index (κ3) is 4.72. The lowest BCUT2D eigenvalue weighted by molar-refractivity contribution is -0.153. The third-order valence-corrected chi connectivity index (χ3v) is 5.79. The van der Waals surface area contributed by atoms with Crippen molar-refractivity contribution in [1.29, 1.82) is 0 Å². The minimum absolute atomic E-state index is 0.0128. The summed E-state index contributed by atoms with van der Waals surface area (Å²) in [4.78, 5) is 44.1. The van der Waals surface area contributed by atoms with E-state index in [4.69, 9.17) is 19.9 Å². The molecule has 170 valence electrons. The molecule has 3 aromatic rings. The molecule has 11 nitrogen and oxygen atoms in total. The summed E-state index contributed by atoms with van der Waals surface area (Å²) in [5, 5.41) is 0. The van der Waals surface area contributed by atoms with Gasteiger partial charge in [-0.05, 0) is 19.8 Å². The first kappa shape index (κ1) is 22.5. The van der Waals surface area contributed by atoms with Crippen molar-refractivity contribution in [2.75, 3.05) is 18.9 Å². The molecule has 1 aromatic carbocycles. The number of esters is 1. The van der Waals surface area contributed by atoms with Crippen LogP contribution in [0, 0.1) is 0 Å². The third-order valence-electron chi connectivity index (χ3n) is 5.01. The Morgan fingerprint density at radius 2 is 2.09 bits per heavy atom. The highest BCUT2D eigenvalue weighted by Crippen LogP contribution is 2.35. The van der Waals surface area contributed by atoms with Gasteiger partial charge in [0.25, 0.3) is 0 Å². The number of hydrogen-bond donors (Lipinski definition) is 3. The number of nitrogen functional groups attached to an aromatic ring is 1. The lowest BCUT2D eigenvalue weighted by Gasteiger charge is -2.20. The zero-order valence-electron chi connectivity index (χ0n) is 17.4. The molecule has 1 fully saturated rings. The molecule has 32 heavy (non-hydrogen) atoms. The van der Waals surface area contributed by atoms with E-state index in [0.717, 1.165) is 5.56 Å². The molecule has 1 aliphatic heterocycles. The van der Waals surface area contributed by atoms with Gasteiger partial charge in [-0.3, -0.25) is 4.57 Å². The van der Waals surface area contributed by atoms with Crippen LogP contribution in [0.25, 0.3) is 22.6 Å². The van der Waals surface area contributed by atoms with E-state index in [2.05, 4.69) is 15.0 Å². The Bertz CT molecular complexity index is 1080. The van der Waals surface area contributed by atoms with Crippen LogP contribution >= 0.6 is 8.38 Å². The highest BCUT2D eigenvalue weighted by molar-refractivity contribution is 7.46. The summed E-state index contributed by atoms with van der Waals surface area (Å²) in [6, 6.07) is 9.51. The molecule has 0 amide bonds. The van der Waals surface area contributed by atoms with Crippen molar-refractivity contribution in [3.8, 4) is 11.4 Å². The van der Waals surface area contributed by atoms with Gasteiger partial charge < -0.3 is 29.7 Å². The number of nitrogens with zero attached hydrogens (tertiary/aromatic N) is 4. The smallest absolute Gasteiger partial charge is 0.344 e. The van der Waals surface area contributed by atoms with Gasteiger partial charge in [-0.15, -0.1) is 0 Å². The van der Waals surface area contributed by atoms with E-state index < -0.39 is 20.2 Å². The Hall–Kier alpha value is -2.69. The second-order valence-electron chi connectivity index (χ2n) is 7.17. The predicted molar refractivity (Wildman–Crippen MR) is 116 cm³/mol. The van der Waals surface area contributed by atoms with Crippen molar-refractivity contribution >= 4 is 31.3 Å². The molecule has 3 atom stereocenters. The monoisotopic (exact) mass is 461 g/mol. The van der Waals surface area contributed by atoms with Gasteiger partial charge >= 0.3 is 5.97 Å². The molecule has 0 spiro atoms. The van der Waals surface area contributed by atoms with Crippen LogP contribution < -0.4 is 5.73 Å². The first-order valence-electron chi connectivity index (χ1n) is 10.1. The van der Waals surface area contributed by atoms with Crippen molar-refractivity contribution in [1.82, 2.24) is 19.5 Å². The molecule has 2 aromatic heterocycles.